The Bertz CT molecular complexity index is 225. The third kappa shape index (κ3) is 0.944. The first-order valence-electron chi connectivity index (χ1n) is 1.69. The van der Waals surface area contributed by atoms with E-state index >= 15 is 0 Å². The van der Waals surface area contributed by atoms with Gasteiger partial charge in [-0.1, -0.05) is 11.6 Å². The Balaban J connectivity index is 3.15. The smallest absolute Gasteiger partial charge is 0.187 e. The molecule has 0 aromatic carbocycles. The zero-order valence-electron chi connectivity index (χ0n) is 3.59. The standard InChI is InChI=1S/C3ClN2S2/c4-3-2(1-5)7-8-6-3/q+1. The average Bonchev–Trinajstić information content (AvgIpc) is 2.14. The highest BCUT2D eigenvalue weighted by Gasteiger charge is 2.15. The first-order valence-corrected chi connectivity index (χ1v) is 4.17. The molecule has 0 saturated carbocycles. The van der Waals surface area contributed by atoms with Crippen molar-refractivity contribution >= 4 is 32.5 Å². The van der Waals surface area contributed by atoms with Crippen molar-refractivity contribution < 1.29 is 0 Å². The van der Waals surface area contributed by atoms with Crippen LogP contribution in [0.1, 0.15) is 4.88 Å². The van der Waals surface area contributed by atoms with Crippen LogP contribution >= 0.6 is 32.5 Å². The molecule has 0 N–H and O–H groups in total. The normalized spacial score (nSPS) is 8.50. The first-order chi connectivity index (χ1) is 3.84. The molecule has 0 spiro atoms. The molecule has 0 aliphatic carbocycles. The molecule has 0 unspecified atom stereocenters. The molecule has 2 nitrogen and oxygen atoms in total. The van der Waals surface area contributed by atoms with E-state index in [1.165, 1.54) is 20.9 Å². The summed E-state index contributed by atoms with van der Waals surface area (Å²) in [5.74, 6) is 0. The van der Waals surface area contributed by atoms with Gasteiger partial charge in [0.2, 0.25) is 5.15 Å². The number of hydrogen-bond donors (Lipinski definition) is 0. The summed E-state index contributed by atoms with van der Waals surface area (Å²) in [6.07, 6.45) is 0. The van der Waals surface area contributed by atoms with E-state index in [0.717, 1.165) is 0 Å². The quantitative estimate of drug-likeness (QED) is 0.434. The van der Waals surface area contributed by atoms with Crippen LogP contribution in [0.25, 0.3) is 0 Å². The van der Waals surface area contributed by atoms with E-state index in [-0.39, 0.29) is 0 Å². The summed E-state index contributed by atoms with van der Waals surface area (Å²) in [4.78, 5) is 0.497. The highest BCUT2D eigenvalue weighted by atomic mass is 35.5. The van der Waals surface area contributed by atoms with Gasteiger partial charge in [-0.25, -0.2) is 0 Å². The van der Waals surface area contributed by atoms with Crippen LogP contribution in [0.15, 0.2) is 0 Å². The number of halogens is 1. The number of nitriles is 1. The van der Waals surface area contributed by atoms with E-state index in [1.54, 1.807) is 0 Å². The van der Waals surface area contributed by atoms with Crippen LogP contribution in [-0.2, 0) is 0 Å². The Labute approximate surface area is 58.5 Å². The molecule has 1 aromatic heterocycles. The predicted molar refractivity (Wildman–Crippen MR) is 34.1 cm³/mol. The molecule has 0 aliphatic heterocycles. The lowest BCUT2D eigenvalue weighted by Crippen LogP contribution is -1.62. The van der Waals surface area contributed by atoms with Crippen molar-refractivity contribution in [1.29, 1.82) is 5.26 Å². The third-order valence-corrected chi connectivity index (χ3v) is 2.74. The second kappa shape index (κ2) is 2.35. The van der Waals surface area contributed by atoms with Crippen LogP contribution in [0.2, 0.25) is 5.15 Å². The molecule has 0 aliphatic rings. The summed E-state index contributed by atoms with van der Waals surface area (Å²) >= 11 is 5.43. The van der Waals surface area contributed by atoms with Gasteiger partial charge in [-0.05, 0) is 0 Å². The van der Waals surface area contributed by atoms with E-state index in [0.29, 0.717) is 10.0 Å². The van der Waals surface area contributed by atoms with Crippen LogP contribution in [0.3, 0.4) is 0 Å². The summed E-state index contributed by atoms with van der Waals surface area (Å²) in [6, 6.07) is 1.91. The minimum atomic E-state index is 0.322. The number of rotatable bonds is 0. The second-order valence-electron chi connectivity index (χ2n) is 0.981. The predicted octanol–water partition coefficient (Wildman–Crippen LogP) is 2.01. The van der Waals surface area contributed by atoms with E-state index in [9.17, 15) is 0 Å². The molecule has 1 aromatic rings. The van der Waals surface area contributed by atoms with Gasteiger partial charge in [0.1, 0.15) is 0 Å². The molecule has 0 saturated heterocycles. The number of aromatic nitrogens is 1. The molecule has 0 bridgehead atoms. The minimum Gasteiger partial charge on any atom is -0.187 e. The Morgan fingerprint density at radius 3 is 2.88 bits per heavy atom. The van der Waals surface area contributed by atoms with Gasteiger partial charge in [0.25, 0.3) is 10.5 Å². The van der Waals surface area contributed by atoms with Crippen LogP contribution < -0.4 is 0 Å². The molecule has 8 heavy (non-hydrogen) atoms. The molecular formula is C3ClN2S2+. The molecule has 1 heterocycles. The summed E-state index contributed by atoms with van der Waals surface area (Å²) in [7, 11) is 2.52. The van der Waals surface area contributed by atoms with Gasteiger partial charge in [0, 0.05) is 0 Å². The maximum Gasteiger partial charge on any atom is 0.362 e. The number of nitrogens with zero attached hydrogens (tertiary/aromatic N) is 2. The maximum atomic E-state index is 8.25. The molecule has 40 valence electrons. The van der Waals surface area contributed by atoms with E-state index in [4.69, 9.17) is 16.9 Å². The summed E-state index contributed by atoms with van der Waals surface area (Å²) in [5, 5.41) is 8.57. The minimum absolute atomic E-state index is 0.322. The van der Waals surface area contributed by atoms with Crippen molar-refractivity contribution in [1.82, 2.24) is 4.37 Å². The Morgan fingerprint density at radius 1 is 1.88 bits per heavy atom. The summed E-state index contributed by atoms with van der Waals surface area (Å²) < 4.78 is 3.69. The highest BCUT2D eigenvalue weighted by molar-refractivity contribution is 7.67. The fourth-order valence-corrected chi connectivity index (χ4v) is 2.14. The van der Waals surface area contributed by atoms with Gasteiger partial charge in [-0.15, -0.1) is 4.37 Å². The zero-order chi connectivity index (χ0) is 5.98. The van der Waals surface area contributed by atoms with E-state index < -0.39 is 0 Å². The first kappa shape index (κ1) is 5.89. The van der Waals surface area contributed by atoms with Crippen molar-refractivity contribution in [3.05, 3.63) is 10.0 Å². The third-order valence-electron chi connectivity index (χ3n) is 0.527. The molecular weight excluding hydrogens is 164 g/mol. The lowest BCUT2D eigenvalue weighted by molar-refractivity contribution is 1.49. The van der Waals surface area contributed by atoms with Gasteiger partial charge in [-0.2, -0.15) is 5.26 Å². The van der Waals surface area contributed by atoms with Crippen molar-refractivity contribution in [3.63, 3.8) is 0 Å². The van der Waals surface area contributed by atoms with Crippen molar-refractivity contribution in [3.8, 4) is 6.07 Å². The van der Waals surface area contributed by atoms with Gasteiger partial charge in [0.15, 0.2) is 6.07 Å². The van der Waals surface area contributed by atoms with Gasteiger partial charge >= 0.3 is 15.2 Å². The van der Waals surface area contributed by atoms with Gasteiger partial charge < -0.3 is 0 Å². The van der Waals surface area contributed by atoms with Crippen LogP contribution in [0.4, 0.5) is 0 Å². The molecule has 0 fully saturated rings. The Kier molecular flexibility index (Phi) is 1.73. The summed E-state index contributed by atoms with van der Waals surface area (Å²) in [6.45, 7) is 0. The lowest BCUT2D eigenvalue weighted by Gasteiger charge is -1.60. The molecule has 0 amide bonds. The Morgan fingerprint density at radius 2 is 2.62 bits per heavy atom. The monoisotopic (exact) mass is 163 g/mol. The van der Waals surface area contributed by atoms with Crippen LogP contribution in [-0.4, -0.2) is 4.37 Å². The second-order valence-corrected chi connectivity index (χ2v) is 3.19. The Hall–Kier alpha value is -0.240. The fourth-order valence-electron chi connectivity index (χ4n) is 0.229. The maximum absolute atomic E-state index is 8.25. The molecule has 5 heteroatoms. The SMILES string of the molecule is N#Cc1[s+]snc1Cl. The summed E-state index contributed by atoms with van der Waals surface area (Å²) in [5.41, 5.74) is 0. The lowest BCUT2D eigenvalue weighted by atomic mass is 10.6. The van der Waals surface area contributed by atoms with E-state index in [1.807, 2.05) is 6.07 Å². The largest absolute Gasteiger partial charge is 0.362 e. The molecule has 0 atom stereocenters. The van der Waals surface area contributed by atoms with Crippen molar-refractivity contribution in [2.45, 2.75) is 0 Å². The van der Waals surface area contributed by atoms with Crippen molar-refractivity contribution in [2.75, 3.05) is 0 Å². The van der Waals surface area contributed by atoms with E-state index in [2.05, 4.69) is 4.37 Å². The van der Waals surface area contributed by atoms with Crippen LogP contribution in [0, 0.1) is 11.3 Å². The van der Waals surface area contributed by atoms with Gasteiger partial charge in [0.05, 0.1) is 0 Å². The average molecular weight is 164 g/mol. The molecule has 1 rings (SSSR count). The van der Waals surface area contributed by atoms with Gasteiger partial charge in [-0.3, -0.25) is 0 Å². The number of hydrogen-bond acceptors (Lipinski definition) is 3. The molecule has 0 radical (unpaired) electrons. The topological polar surface area (TPSA) is 36.7 Å². The highest BCUT2D eigenvalue weighted by Crippen LogP contribution is 2.20. The zero-order valence-corrected chi connectivity index (χ0v) is 5.98. The fraction of sp³-hybridized carbons (Fsp3) is 0. The van der Waals surface area contributed by atoms with Crippen molar-refractivity contribution in [2.24, 2.45) is 0 Å². The van der Waals surface area contributed by atoms with Crippen LogP contribution in [0.5, 0.6) is 0 Å².